The number of carbonyl (C=O) groups is 2. The Labute approximate surface area is 163 Å². The molecule has 4 rings (SSSR count). The minimum Gasteiger partial charge on any atom is -0.459 e. The van der Waals surface area contributed by atoms with Gasteiger partial charge in [-0.05, 0) is 63.2 Å². The number of rotatable bonds is 4. The third kappa shape index (κ3) is 3.68. The Morgan fingerprint density at radius 1 is 1.07 bits per heavy atom. The van der Waals surface area contributed by atoms with E-state index in [0.29, 0.717) is 11.1 Å². The third-order valence-corrected chi connectivity index (χ3v) is 5.25. The van der Waals surface area contributed by atoms with E-state index in [1.807, 2.05) is 28.8 Å². The maximum Gasteiger partial charge on any atom is 0.338 e. The number of carbonyl (C=O) groups excluding carboxylic acids is 2. The molecule has 0 radical (unpaired) electrons. The van der Waals surface area contributed by atoms with Crippen LogP contribution in [-0.4, -0.2) is 52.4 Å². The highest BCUT2D eigenvalue weighted by Crippen LogP contribution is 2.21. The Hall–Kier alpha value is -2.99. The number of imidazole rings is 1. The number of nitrogens with zero attached hydrogens (tertiary/aromatic N) is 3. The van der Waals surface area contributed by atoms with Crippen molar-refractivity contribution in [1.29, 1.82) is 0 Å². The fourth-order valence-corrected chi connectivity index (χ4v) is 3.54. The fourth-order valence-electron chi connectivity index (χ4n) is 3.54. The standard InChI is InChI=1S/C22H23N3O3/c1-15(26)16-6-7-21-20(13-16)23-14-25(21)18-5-3-4-17(12-18)22(27)28-19-8-10-24(2)11-9-19/h3-7,12-14,19H,8-11H2,1-2H3. The summed E-state index contributed by atoms with van der Waals surface area (Å²) < 4.78 is 7.61. The van der Waals surface area contributed by atoms with Crippen LogP contribution in [0.2, 0.25) is 0 Å². The van der Waals surface area contributed by atoms with Crippen LogP contribution in [0.3, 0.4) is 0 Å². The molecule has 0 saturated carbocycles. The number of esters is 1. The molecule has 2 heterocycles. The minimum absolute atomic E-state index is 0.00935. The van der Waals surface area contributed by atoms with Gasteiger partial charge in [0.25, 0.3) is 0 Å². The largest absolute Gasteiger partial charge is 0.459 e. The second kappa shape index (κ2) is 7.56. The summed E-state index contributed by atoms with van der Waals surface area (Å²) in [5.41, 5.74) is 3.61. The highest BCUT2D eigenvalue weighted by atomic mass is 16.5. The quantitative estimate of drug-likeness (QED) is 0.514. The summed E-state index contributed by atoms with van der Waals surface area (Å²) in [6.45, 7) is 3.43. The predicted octanol–water partition coefficient (Wildman–Crippen LogP) is 3.48. The van der Waals surface area contributed by atoms with Gasteiger partial charge in [0.1, 0.15) is 12.4 Å². The van der Waals surface area contributed by atoms with Crippen molar-refractivity contribution in [2.24, 2.45) is 0 Å². The normalized spacial score (nSPS) is 15.6. The van der Waals surface area contributed by atoms with Gasteiger partial charge in [-0.25, -0.2) is 9.78 Å². The van der Waals surface area contributed by atoms with Crippen LogP contribution >= 0.6 is 0 Å². The lowest BCUT2D eigenvalue weighted by Gasteiger charge is -2.28. The van der Waals surface area contributed by atoms with E-state index < -0.39 is 0 Å². The van der Waals surface area contributed by atoms with E-state index >= 15 is 0 Å². The molecule has 28 heavy (non-hydrogen) atoms. The molecule has 1 aliphatic heterocycles. The van der Waals surface area contributed by atoms with Crippen molar-refractivity contribution >= 4 is 22.8 Å². The van der Waals surface area contributed by atoms with Crippen molar-refractivity contribution < 1.29 is 14.3 Å². The van der Waals surface area contributed by atoms with Crippen LogP contribution in [0.15, 0.2) is 48.8 Å². The van der Waals surface area contributed by atoms with Gasteiger partial charge in [0.2, 0.25) is 0 Å². The highest BCUT2D eigenvalue weighted by molar-refractivity contribution is 5.97. The van der Waals surface area contributed by atoms with Gasteiger partial charge in [-0.15, -0.1) is 0 Å². The summed E-state index contributed by atoms with van der Waals surface area (Å²) in [5.74, 6) is -0.283. The molecule has 0 amide bonds. The number of ketones is 1. The van der Waals surface area contributed by atoms with Crippen LogP contribution in [0.5, 0.6) is 0 Å². The maximum absolute atomic E-state index is 12.6. The van der Waals surface area contributed by atoms with E-state index in [2.05, 4.69) is 16.9 Å². The Bertz CT molecular complexity index is 1030. The second-order valence-corrected chi connectivity index (χ2v) is 7.33. The summed E-state index contributed by atoms with van der Waals surface area (Å²) in [6, 6.07) is 12.8. The molecule has 0 unspecified atom stereocenters. The van der Waals surface area contributed by atoms with Crippen LogP contribution in [-0.2, 0) is 4.74 Å². The molecule has 0 N–H and O–H groups in total. The van der Waals surface area contributed by atoms with Crippen LogP contribution in [0.25, 0.3) is 16.7 Å². The zero-order valence-electron chi connectivity index (χ0n) is 16.1. The first-order valence-corrected chi connectivity index (χ1v) is 9.49. The van der Waals surface area contributed by atoms with Gasteiger partial charge in [-0.2, -0.15) is 0 Å². The van der Waals surface area contributed by atoms with Crippen LogP contribution in [0.1, 0.15) is 40.5 Å². The third-order valence-electron chi connectivity index (χ3n) is 5.25. The predicted molar refractivity (Wildman–Crippen MR) is 107 cm³/mol. The lowest BCUT2D eigenvalue weighted by atomic mass is 10.1. The lowest BCUT2D eigenvalue weighted by molar-refractivity contribution is 0.0139. The van der Waals surface area contributed by atoms with Gasteiger partial charge in [-0.3, -0.25) is 9.36 Å². The monoisotopic (exact) mass is 377 g/mol. The highest BCUT2D eigenvalue weighted by Gasteiger charge is 2.21. The SMILES string of the molecule is CC(=O)c1ccc2c(c1)ncn2-c1cccc(C(=O)OC2CCN(C)CC2)c1. The van der Waals surface area contributed by atoms with Gasteiger partial charge in [-0.1, -0.05) is 6.07 Å². The number of fused-ring (bicyclic) bond motifs is 1. The van der Waals surface area contributed by atoms with Crippen molar-refractivity contribution in [3.05, 3.63) is 59.9 Å². The number of aromatic nitrogens is 2. The average Bonchev–Trinajstić information content (AvgIpc) is 3.13. The molecular formula is C22H23N3O3. The van der Waals surface area contributed by atoms with Gasteiger partial charge in [0.15, 0.2) is 5.78 Å². The zero-order valence-corrected chi connectivity index (χ0v) is 16.1. The molecule has 0 aliphatic carbocycles. The first kappa shape index (κ1) is 18.4. The minimum atomic E-state index is -0.292. The molecule has 6 heteroatoms. The Morgan fingerprint density at radius 3 is 2.61 bits per heavy atom. The summed E-state index contributed by atoms with van der Waals surface area (Å²) in [4.78, 5) is 30.8. The molecule has 2 aromatic carbocycles. The van der Waals surface area contributed by atoms with Crippen molar-refractivity contribution in [3.63, 3.8) is 0 Å². The van der Waals surface area contributed by atoms with Crippen molar-refractivity contribution in [2.45, 2.75) is 25.9 Å². The van der Waals surface area contributed by atoms with E-state index in [1.54, 1.807) is 24.5 Å². The van der Waals surface area contributed by atoms with E-state index in [4.69, 9.17) is 4.74 Å². The van der Waals surface area contributed by atoms with Gasteiger partial charge < -0.3 is 9.64 Å². The first-order valence-electron chi connectivity index (χ1n) is 9.49. The van der Waals surface area contributed by atoms with Crippen LogP contribution in [0.4, 0.5) is 0 Å². The van der Waals surface area contributed by atoms with Gasteiger partial charge in [0.05, 0.1) is 16.6 Å². The molecule has 3 aromatic rings. The summed E-state index contributed by atoms with van der Waals surface area (Å²) >= 11 is 0. The number of piperidine rings is 1. The molecule has 0 atom stereocenters. The maximum atomic E-state index is 12.6. The van der Waals surface area contributed by atoms with Gasteiger partial charge in [0, 0.05) is 24.3 Å². The van der Waals surface area contributed by atoms with Crippen LogP contribution in [0, 0.1) is 0 Å². The Kier molecular flexibility index (Phi) is 4.96. The molecule has 1 saturated heterocycles. The number of hydrogen-bond donors (Lipinski definition) is 0. The molecule has 1 fully saturated rings. The van der Waals surface area contributed by atoms with Gasteiger partial charge >= 0.3 is 5.97 Å². The first-order chi connectivity index (χ1) is 13.5. The molecule has 144 valence electrons. The average molecular weight is 377 g/mol. The summed E-state index contributed by atoms with van der Waals surface area (Å²) in [7, 11) is 2.08. The number of ether oxygens (including phenoxy) is 1. The Balaban J connectivity index is 1.57. The number of Topliss-reactive ketones (excluding diaryl/α,β-unsaturated/α-hetero) is 1. The topological polar surface area (TPSA) is 64.4 Å². The van der Waals surface area contributed by atoms with Crippen LogP contribution < -0.4 is 0 Å². The summed E-state index contributed by atoms with van der Waals surface area (Å²) in [6.07, 6.45) is 3.42. The Morgan fingerprint density at radius 2 is 1.86 bits per heavy atom. The number of benzene rings is 2. The number of likely N-dealkylation sites (tertiary alicyclic amines) is 1. The smallest absolute Gasteiger partial charge is 0.338 e. The number of hydrogen-bond acceptors (Lipinski definition) is 5. The van der Waals surface area contributed by atoms with Crippen molar-refractivity contribution in [3.8, 4) is 5.69 Å². The molecule has 1 aromatic heterocycles. The molecule has 1 aliphatic rings. The molecule has 6 nitrogen and oxygen atoms in total. The van der Waals surface area contributed by atoms with E-state index in [9.17, 15) is 9.59 Å². The fraction of sp³-hybridized carbons (Fsp3) is 0.318. The van der Waals surface area contributed by atoms with Crippen molar-refractivity contribution in [2.75, 3.05) is 20.1 Å². The summed E-state index contributed by atoms with van der Waals surface area (Å²) in [5, 5.41) is 0. The lowest BCUT2D eigenvalue weighted by Crippen LogP contribution is -2.35. The molecule has 0 spiro atoms. The van der Waals surface area contributed by atoms with E-state index in [-0.39, 0.29) is 17.9 Å². The van der Waals surface area contributed by atoms with E-state index in [0.717, 1.165) is 42.7 Å². The molecule has 0 bridgehead atoms. The second-order valence-electron chi connectivity index (χ2n) is 7.33. The zero-order chi connectivity index (χ0) is 19.7. The van der Waals surface area contributed by atoms with E-state index in [1.165, 1.54) is 6.92 Å². The van der Waals surface area contributed by atoms with Crippen molar-refractivity contribution in [1.82, 2.24) is 14.5 Å². The molecular weight excluding hydrogens is 354 g/mol.